The summed E-state index contributed by atoms with van der Waals surface area (Å²) in [6, 6.07) is 6.12. The summed E-state index contributed by atoms with van der Waals surface area (Å²) in [5.41, 5.74) is 3.28. The molecular formula is C13H16N2OS. The number of hydrogen-bond donors (Lipinski definition) is 1. The Morgan fingerprint density at radius 2 is 2.18 bits per heavy atom. The van der Waals surface area contributed by atoms with Crippen LogP contribution in [0.4, 0.5) is 5.69 Å². The monoisotopic (exact) mass is 248 g/mol. The van der Waals surface area contributed by atoms with E-state index in [2.05, 4.69) is 23.3 Å². The first-order valence-electron chi connectivity index (χ1n) is 5.73. The maximum absolute atomic E-state index is 11.5. The van der Waals surface area contributed by atoms with Crippen LogP contribution in [0.2, 0.25) is 0 Å². The summed E-state index contributed by atoms with van der Waals surface area (Å²) in [7, 11) is 0. The predicted octanol–water partition coefficient (Wildman–Crippen LogP) is 2.93. The third kappa shape index (κ3) is 2.69. The van der Waals surface area contributed by atoms with Gasteiger partial charge >= 0.3 is 0 Å². The normalized spacial score (nSPS) is 21.9. The molecule has 1 fully saturated rings. The Morgan fingerprint density at radius 3 is 2.76 bits per heavy atom. The lowest BCUT2D eigenvalue weighted by Crippen LogP contribution is -2.24. The van der Waals surface area contributed by atoms with Crippen LogP contribution in [-0.2, 0) is 4.79 Å². The molecule has 0 aliphatic carbocycles. The van der Waals surface area contributed by atoms with Crippen molar-refractivity contribution in [3.63, 3.8) is 0 Å². The summed E-state index contributed by atoms with van der Waals surface area (Å²) in [5.74, 6) is 0.0704. The Kier molecular flexibility index (Phi) is 3.52. The Balaban J connectivity index is 2.23. The molecule has 2 rings (SSSR count). The molecule has 1 aliphatic heterocycles. The average molecular weight is 248 g/mol. The second-order valence-electron chi connectivity index (χ2n) is 4.21. The van der Waals surface area contributed by atoms with Crippen molar-refractivity contribution >= 4 is 28.5 Å². The van der Waals surface area contributed by atoms with Gasteiger partial charge in [0, 0.05) is 0 Å². The molecular weight excluding hydrogens is 232 g/mol. The van der Waals surface area contributed by atoms with Gasteiger partial charge in [0.2, 0.25) is 5.91 Å². The second kappa shape index (κ2) is 4.92. The van der Waals surface area contributed by atoms with Gasteiger partial charge in [-0.2, -0.15) is 0 Å². The molecule has 1 saturated heterocycles. The minimum Gasteiger partial charge on any atom is -0.304 e. The lowest BCUT2D eigenvalue weighted by molar-refractivity contribution is -0.118. The summed E-state index contributed by atoms with van der Waals surface area (Å²) in [6.45, 7) is 6.10. The molecule has 17 heavy (non-hydrogen) atoms. The number of amidine groups is 1. The number of nitrogens with zero attached hydrogens (tertiary/aromatic N) is 1. The number of hydrogen-bond acceptors (Lipinski definition) is 3. The number of rotatable bonds is 2. The van der Waals surface area contributed by atoms with E-state index in [1.165, 1.54) is 17.3 Å². The summed E-state index contributed by atoms with van der Waals surface area (Å²) >= 11 is 1.52. The second-order valence-corrected chi connectivity index (χ2v) is 5.40. The van der Waals surface area contributed by atoms with Crippen molar-refractivity contribution in [1.29, 1.82) is 0 Å². The number of carbonyl (C=O) groups excluding carboxylic acids is 1. The zero-order valence-corrected chi connectivity index (χ0v) is 11.1. The molecule has 0 saturated carbocycles. The molecule has 1 amide bonds. The van der Waals surface area contributed by atoms with Crippen LogP contribution in [0.1, 0.15) is 24.5 Å². The fourth-order valence-electron chi connectivity index (χ4n) is 1.77. The maximum Gasteiger partial charge on any atom is 0.239 e. The number of nitrogens with one attached hydrogen (secondary N) is 1. The van der Waals surface area contributed by atoms with Crippen molar-refractivity contribution in [2.45, 2.75) is 32.4 Å². The van der Waals surface area contributed by atoms with Crippen LogP contribution in [0, 0.1) is 13.8 Å². The average Bonchev–Trinajstić information content (AvgIpc) is 2.63. The topological polar surface area (TPSA) is 41.5 Å². The highest BCUT2D eigenvalue weighted by Crippen LogP contribution is 2.26. The Labute approximate surface area is 106 Å². The minimum atomic E-state index is 0.0134. The predicted molar refractivity (Wildman–Crippen MR) is 72.8 cm³/mol. The molecule has 1 aliphatic rings. The zero-order chi connectivity index (χ0) is 12.4. The quantitative estimate of drug-likeness (QED) is 0.874. The van der Waals surface area contributed by atoms with E-state index in [4.69, 9.17) is 0 Å². The first kappa shape index (κ1) is 12.2. The molecule has 1 aromatic carbocycles. The standard InChI is InChI=1S/C13H16N2OS/c1-4-11-12(16)15-13(17-11)14-10-6-5-8(2)7-9(10)3/h5-7,11H,4H2,1-3H3,(H,14,15,16). The van der Waals surface area contributed by atoms with Gasteiger partial charge in [-0.3, -0.25) is 4.79 Å². The first-order chi connectivity index (χ1) is 8.10. The summed E-state index contributed by atoms with van der Waals surface area (Å²) in [6.07, 6.45) is 0.836. The van der Waals surface area contributed by atoms with Crippen molar-refractivity contribution in [3.05, 3.63) is 29.3 Å². The molecule has 3 nitrogen and oxygen atoms in total. The summed E-state index contributed by atoms with van der Waals surface area (Å²) < 4.78 is 0. The Hall–Kier alpha value is -1.29. The Morgan fingerprint density at radius 1 is 1.41 bits per heavy atom. The Bertz CT molecular complexity index is 482. The highest BCUT2D eigenvalue weighted by atomic mass is 32.2. The van der Waals surface area contributed by atoms with E-state index in [1.807, 2.05) is 26.0 Å². The van der Waals surface area contributed by atoms with E-state index in [9.17, 15) is 4.79 Å². The molecule has 0 bridgehead atoms. The van der Waals surface area contributed by atoms with Gasteiger partial charge in [-0.25, -0.2) is 4.99 Å². The third-order valence-electron chi connectivity index (χ3n) is 2.72. The maximum atomic E-state index is 11.5. The smallest absolute Gasteiger partial charge is 0.239 e. The fourth-order valence-corrected chi connectivity index (χ4v) is 2.68. The van der Waals surface area contributed by atoms with Gasteiger partial charge < -0.3 is 5.32 Å². The van der Waals surface area contributed by atoms with Crippen molar-refractivity contribution in [1.82, 2.24) is 5.32 Å². The largest absolute Gasteiger partial charge is 0.304 e. The minimum absolute atomic E-state index is 0.0134. The van der Waals surface area contributed by atoms with Crippen LogP contribution in [-0.4, -0.2) is 16.3 Å². The van der Waals surface area contributed by atoms with Gasteiger partial charge in [-0.15, -0.1) is 0 Å². The molecule has 1 heterocycles. The zero-order valence-electron chi connectivity index (χ0n) is 10.3. The van der Waals surface area contributed by atoms with E-state index in [0.29, 0.717) is 5.17 Å². The van der Waals surface area contributed by atoms with Crippen LogP contribution in [0.15, 0.2) is 23.2 Å². The van der Waals surface area contributed by atoms with Crippen molar-refractivity contribution in [2.24, 2.45) is 4.99 Å². The SMILES string of the molecule is CCC1SC(=Nc2ccc(C)cc2C)NC1=O. The number of aryl methyl sites for hydroxylation is 2. The lowest BCUT2D eigenvalue weighted by Gasteiger charge is -2.02. The van der Waals surface area contributed by atoms with Gasteiger partial charge in [0.15, 0.2) is 5.17 Å². The number of amides is 1. The molecule has 1 N–H and O–H groups in total. The van der Waals surface area contributed by atoms with E-state index in [-0.39, 0.29) is 11.2 Å². The van der Waals surface area contributed by atoms with Crippen LogP contribution in [0.5, 0.6) is 0 Å². The highest BCUT2D eigenvalue weighted by molar-refractivity contribution is 8.15. The summed E-state index contributed by atoms with van der Waals surface area (Å²) in [4.78, 5) is 16.0. The first-order valence-corrected chi connectivity index (χ1v) is 6.61. The highest BCUT2D eigenvalue weighted by Gasteiger charge is 2.28. The van der Waals surface area contributed by atoms with Gasteiger partial charge in [0.05, 0.1) is 10.9 Å². The van der Waals surface area contributed by atoms with E-state index >= 15 is 0 Å². The van der Waals surface area contributed by atoms with Gasteiger partial charge in [-0.05, 0) is 31.9 Å². The molecule has 1 atom stereocenters. The van der Waals surface area contributed by atoms with E-state index in [1.54, 1.807) is 0 Å². The fraction of sp³-hybridized carbons (Fsp3) is 0.385. The van der Waals surface area contributed by atoms with Crippen molar-refractivity contribution in [2.75, 3.05) is 0 Å². The van der Waals surface area contributed by atoms with Crippen LogP contribution >= 0.6 is 11.8 Å². The van der Waals surface area contributed by atoms with Gasteiger partial charge in [-0.1, -0.05) is 36.4 Å². The van der Waals surface area contributed by atoms with E-state index in [0.717, 1.165) is 17.7 Å². The molecule has 90 valence electrons. The van der Waals surface area contributed by atoms with Gasteiger partial charge in [0.1, 0.15) is 0 Å². The van der Waals surface area contributed by atoms with Crippen LogP contribution < -0.4 is 5.32 Å². The molecule has 1 aromatic rings. The third-order valence-corrected chi connectivity index (χ3v) is 3.97. The molecule has 4 heteroatoms. The van der Waals surface area contributed by atoms with Gasteiger partial charge in [0.25, 0.3) is 0 Å². The summed E-state index contributed by atoms with van der Waals surface area (Å²) in [5, 5.41) is 3.55. The molecule has 1 unspecified atom stereocenters. The molecule has 0 radical (unpaired) electrons. The molecule has 0 aromatic heterocycles. The van der Waals surface area contributed by atoms with E-state index < -0.39 is 0 Å². The number of benzene rings is 1. The van der Waals surface area contributed by atoms with Crippen LogP contribution in [0.3, 0.4) is 0 Å². The van der Waals surface area contributed by atoms with Crippen molar-refractivity contribution in [3.8, 4) is 0 Å². The number of thioether (sulfide) groups is 1. The molecule has 0 spiro atoms. The van der Waals surface area contributed by atoms with Crippen LogP contribution in [0.25, 0.3) is 0 Å². The lowest BCUT2D eigenvalue weighted by atomic mass is 10.1. The van der Waals surface area contributed by atoms with Crippen molar-refractivity contribution < 1.29 is 4.79 Å². The number of carbonyl (C=O) groups is 1. The number of aliphatic imine (C=N–C) groups is 1.